The average molecular weight is 505 g/mol. The number of hydrogen-bond acceptors (Lipinski definition) is 6. The number of anilines is 2. The van der Waals surface area contributed by atoms with Gasteiger partial charge in [0.1, 0.15) is 17.2 Å². The Morgan fingerprint density at radius 2 is 1.72 bits per heavy atom. The second-order valence-corrected chi connectivity index (χ2v) is 8.68. The molecule has 0 radical (unpaired) electrons. The van der Waals surface area contributed by atoms with E-state index < -0.39 is 6.04 Å². The summed E-state index contributed by atoms with van der Waals surface area (Å²) in [5.41, 5.74) is 4.31. The van der Waals surface area contributed by atoms with Gasteiger partial charge in [-0.25, -0.2) is 4.98 Å². The third kappa shape index (κ3) is 3.99. The molecule has 9 heteroatoms. The topological polar surface area (TPSA) is 86.6 Å². The minimum atomic E-state index is -0.445. The molecule has 0 spiro atoms. The van der Waals surface area contributed by atoms with E-state index in [1.807, 2.05) is 60.0 Å². The van der Waals surface area contributed by atoms with E-state index in [0.717, 1.165) is 22.3 Å². The molecule has 5 rings (SSSR count). The number of aromatic nitrogens is 2. The van der Waals surface area contributed by atoms with Crippen LogP contribution in [0, 0.1) is 0 Å². The van der Waals surface area contributed by atoms with Crippen LogP contribution in [0.5, 0.6) is 17.2 Å². The van der Waals surface area contributed by atoms with Gasteiger partial charge < -0.3 is 24.8 Å². The first-order valence-corrected chi connectivity index (χ1v) is 11.6. The molecule has 1 aromatic heterocycles. The van der Waals surface area contributed by atoms with Crippen LogP contribution in [0.15, 0.2) is 71.9 Å². The molecule has 36 heavy (non-hydrogen) atoms. The second kappa shape index (κ2) is 9.47. The van der Waals surface area contributed by atoms with Gasteiger partial charge in [0.05, 0.1) is 54.7 Å². The molecule has 1 aliphatic heterocycles. The number of amides is 1. The van der Waals surface area contributed by atoms with E-state index >= 15 is 0 Å². The highest BCUT2D eigenvalue weighted by molar-refractivity contribution is 6.32. The van der Waals surface area contributed by atoms with Gasteiger partial charge in [-0.05, 0) is 36.8 Å². The molecule has 0 saturated heterocycles. The lowest BCUT2D eigenvalue weighted by atomic mass is 9.94. The molecule has 2 heterocycles. The molecule has 1 aliphatic rings. The fourth-order valence-electron chi connectivity index (χ4n) is 4.51. The number of ether oxygens (including phenoxy) is 3. The Kier molecular flexibility index (Phi) is 6.20. The summed E-state index contributed by atoms with van der Waals surface area (Å²) in [5, 5.41) is 6.70. The summed E-state index contributed by atoms with van der Waals surface area (Å²) in [6.45, 7) is 1.87. The van der Waals surface area contributed by atoms with E-state index in [1.165, 1.54) is 14.2 Å². The number of carbonyl (C=O) groups excluding carboxylic acids is 1. The molecule has 0 saturated carbocycles. The third-order valence-corrected chi connectivity index (χ3v) is 6.52. The number of benzene rings is 3. The minimum absolute atomic E-state index is 0.299. The van der Waals surface area contributed by atoms with Gasteiger partial charge in [-0.1, -0.05) is 35.9 Å². The van der Waals surface area contributed by atoms with Gasteiger partial charge in [0.2, 0.25) is 5.95 Å². The van der Waals surface area contributed by atoms with E-state index in [2.05, 4.69) is 10.6 Å². The molecule has 1 atom stereocenters. The molecular formula is C27H25ClN4O4. The number of halogens is 1. The van der Waals surface area contributed by atoms with Crippen molar-refractivity contribution in [3.05, 3.63) is 82.5 Å². The largest absolute Gasteiger partial charge is 0.497 e. The van der Waals surface area contributed by atoms with Crippen molar-refractivity contribution in [2.45, 2.75) is 13.0 Å². The van der Waals surface area contributed by atoms with E-state index in [-0.39, 0.29) is 5.91 Å². The zero-order valence-electron chi connectivity index (χ0n) is 20.3. The van der Waals surface area contributed by atoms with Crippen molar-refractivity contribution < 1.29 is 19.0 Å². The summed E-state index contributed by atoms with van der Waals surface area (Å²) in [5.74, 6) is 1.94. The number of nitrogens with zero attached hydrogens (tertiary/aromatic N) is 2. The molecule has 184 valence electrons. The molecule has 0 bridgehead atoms. The van der Waals surface area contributed by atoms with Crippen molar-refractivity contribution in [2.24, 2.45) is 0 Å². The Morgan fingerprint density at radius 1 is 1.00 bits per heavy atom. The monoisotopic (exact) mass is 504 g/mol. The van der Waals surface area contributed by atoms with Gasteiger partial charge in [0, 0.05) is 17.8 Å². The number of hydrogen-bond donors (Lipinski definition) is 2. The molecule has 1 amide bonds. The van der Waals surface area contributed by atoms with E-state index in [4.69, 9.17) is 30.8 Å². The van der Waals surface area contributed by atoms with Gasteiger partial charge in [-0.15, -0.1) is 0 Å². The van der Waals surface area contributed by atoms with Crippen LogP contribution in [-0.2, 0) is 4.79 Å². The Morgan fingerprint density at radius 3 is 2.42 bits per heavy atom. The van der Waals surface area contributed by atoms with Crippen molar-refractivity contribution in [2.75, 3.05) is 32.0 Å². The summed E-state index contributed by atoms with van der Waals surface area (Å²) >= 11 is 6.26. The Bertz CT molecular complexity index is 1490. The SMILES string of the molecule is COc1ccc([C@@H]2C(C(=O)Nc3cc(OC)c(Cl)cc3OC)=C(C)Nc3nc4ccccc4n32)cc1. The highest BCUT2D eigenvalue weighted by atomic mass is 35.5. The van der Waals surface area contributed by atoms with Gasteiger partial charge in [0.25, 0.3) is 5.91 Å². The summed E-state index contributed by atoms with van der Waals surface area (Å²) in [4.78, 5) is 18.7. The summed E-state index contributed by atoms with van der Waals surface area (Å²) in [6.07, 6.45) is 0. The smallest absolute Gasteiger partial charge is 0.255 e. The number of fused-ring (bicyclic) bond motifs is 3. The number of para-hydroxylation sites is 2. The number of rotatable bonds is 6. The maximum atomic E-state index is 13.9. The van der Waals surface area contributed by atoms with E-state index in [9.17, 15) is 4.79 Å². The Hall–Kier alpha value is -4.17. The van der Waals surface area contributed by atoms with Gasteiger partial charge in [0.15, 0.2) is 0 Å². The number of nitrogens with one attached hydrogen (secondary N) is 2. The quantitative estimate of drug-likeness (QED) is 0.353. The molecule has 2 N–H and O–H groups in total. The molecular weight excluding hydrogens is 480 g/mol. The molecule has 3 aromatic carbocycles. The van der Waals surface area contributed by atoms with Crippen LogP contribution < -0.4 is 24.8 Å². The van der Waals surface area contributed by atoms with Crippen LogP contribution in [0.1, 0.15) is 18.5 Å². The lowest BCUT2D eigenvalue weighted by Gasteiger charge is -2.31. The molecule has 0 aliphatic carbocycles. The molecule has 4 aromatic rings. The fourth-order valence-corrected chi connectivity index (χ4v) is 4.74. The first-order valence-electron chi connectivity index (χ1n) is 11.3. The van der Waals surface area contributed by atoms with Gasteiger partial charge >= 0.3 is 0 Å². The van der Waals surface area contributed by atoms with Crippen LogP contribution in [0.25, 0.3) is 11.0 Å². The van der Waals surface area contributed by atoms with Crippen LogP contribution in [0.3, 0.4) is 0 Å². The standard InChI is InChI=1S/C27H25ClN4O4/c1-15-24(26(33)30-20-14-22(35-3)18(28)13-23(20)36-4)25(16-9-11-17(34-2)12-10-16)32-21-8-6-5-7-19(21)31-27(32)29-15/h5-14,25H,1-4H3,(H,29,31)(H,30,33)/t25-/m1/s1. The first-order chi connectivity index (χ1) is 17.4. The Balaban J connectivity index is 1.64. The van der Waals surface area contributed by atoms with Crippen molar-refractivity contribution in [1.29, 1.82) is 0 Å². The lowest BCUT2D eigenvalue weighted by Crippen LogP contribution is -2.31. The Labute approximate surface area is 213 Å². The van der Waals surface area contributed by atoms with Crippen molar-refractivity contribution in [1.82, 2.24) is 9.55 Å². The predicted octanol–water partition coefficient (Wildman–Crippen LogP) is 5.64. The van der Waals surface area contributed by atoms with Crippen molar-refractivity contribution >= 4 is 40.2 Å². The van der Waals surface area contributed by atoms with Crippen LogP contribution >= 0.6 is 11.6 Å². The molecule has 8 nitrogen and oxygen atoms in total. The zero-order chi connectivity index (χ0) is 25.4. The number of carbonyl (C=O) groups is 1. The maximum absolute atomic E-state index is 13.9. The predicted molar refractivity (Wildman–Crippen MR) is 140 cm³/mol. The van der Waals surface area contributed by atoms with Crippen LogP contribution in [-0.4, -0.2) is 36.8 Å². The highest BCUT2D eigenvalue weighted by Gasteiger charge is 2.34. The number of methoxy groups -OCH3 is 3. The third-order valence-electron chi connectivity index (χ3n) is 6.23. The molecule has 0 fully saturated rings. The van der Waals surface area contributed by atoms with Crippen LogP contribution in [0.4, 0.5) is 11.6 Å². The minimum Gasteiger partial charge on any atom is -0.497 e. The van der Waals surface area contributed by atoms with Crippen LogP contribution in [0.2, 0.25) is 5.02 Å². The summed E-state index contributed by atoms with van der Waals surface area (Å²) in [7, 11) is 4.66. The normalized spacial score (nSPS) is 14.8. The molecule has 0 unspecified atom stereocenters. The summed E-state index contributed by atoms with van der Waals surface area (Å²) < 4.78 is 18.2. The van der Waals surface area contributed by atoms with Crippen molar-refractivity contribution in [3.63, 3.8) is 0 Å². The number of imidazole rings is 1. The number of allylic oxidation sites excluding steroid dienone is 1. The van der Waals surface area contributed by atoms with Gasteiger partial charge in [-0.3, -0.25) is 9.36 Å². The second-order valence-electron chi connectivity index (χ2n) is 8.27. The fraction of sp³-hybridized carbons (Fsp3) is 0.185. The average Bonchev–Trinajstić information content (AvgIpc) is 3.26. The first kappa shape index (κ1) is 23.6. The van der Waals surface area contributed by atoms with Crippen molar-refractivity contribution in [3.8, 4) is 17.2 Å². The highest BCUT2D eigenvalue weighted by Crippen LogP contribution is 2.41. The maximum Gasteiger partial charge on any atom is 0.255 e. The summed E-state index contributed by atoms with van der Waals surface area (Å²) in [6, 6.07) is 18.3. The lowest BCUT2D eigenvalue weighted by molar-refractivity contribution is -0.113. The van der Waals surface area contributed by atoms with E-state index in [1.54, 1.807) is 19.2 Å². The zero-order valence-corrected chi connectivity index (χ0v) is 21.0. The van der Waals surface area contributed by atoms with E-state index in [0.29, 0.717) is 39.4 Å². The van der Waals surface area contributed by atoms with Gasteiger partial charge in [-0.2, -0.15) is 0 Å².